The summed E-state index contributed by atoms with van der Waals surface area (Å²) in [7, 11) is -4.16. The number of benzene rings is 3. The van der Waals surface area contributed by atoms with Gasteiger partial charge < -0.3 is 10.2 Å². The van der Waals surface area contributed by atoms with Crippen molar-refractivity contribution in [1.82, 2.24) is 10.2 Å². The van der Waals surface area contributed by atoms with Crippen molar-refractivity contribution < 1.29 is 18.0 Å². The maximum absolute atomic E-state index is 14.2. The third-order valence-corrected chi connectivity index (χ3v) is 10.3. The van der Waals surface area contributed by atoms with Crippen LogP contribution in [-0.4, -0.2) is 43.8 Å². The molecule has 1 aliphatic carbocycles. The van der Waals surface area contributed by atoms with Gasteiger partial charge in [0.25, 0.3) is 10.0 Å². The number of nitrogens with one attached hydrogen (secondary N) is 1. The first-order chi connectivity index (χ1) is 20.0. The molecule has 9 heteroatoms. The van der Waals surface area contributed by atoms with Gasteiger partial charge in [0.05, 0.1) is 10.6 Å². The molecule has 0 aliphatic heterocycles. The van der Waals surface area contributed by atoms with Crippen LogP contribution in [0.5, 0.6) is 0 Å². The summed E-state index contributed by atoms with van der Waals surface area (Å²) < 4.78 is 29.3. The molecule has 1 N–H and O–H groups in total. The Morgan fingerprint density at radius 2 is 1.60 bits per heavy atom. The lowest BCUT2D eigenvalue weighted by Crippen LogP contribution is -2.53. The van der Waals surface area contributed by atoms with Gasteiger partial charge in [-0.1, -0.05) is 78.9 Å². The molecule has 224 valence electrons. The van der Waals surface area contributed by atoms with Crippen molar-refractivity contribution in [2.24, 2.45) is 0 Å². The molecule has 0 saturated heterocycles. The molecule has 1 fully saturated rings. The number of halogens is 1. The van der Waals surface area contributed by atoms with E-state index >= 15 is 0 Å². The molecule has 7 nitrogen and oxygen atoms in total. The standard InChI is InChI=1S/C33H40ClN3O4S/c1-23-17-19-29(20-18-23)42(40,41)37(31-16-10-15-30(34)25(31)3)22-32(38)36(21-27-12-9-8-11-24(27)2)26(4)33(39)35-28-13-6-5-7-14-28/h8-12,15-20,26,28H,5-7,13-14,21-22H2,1-4H3,(H,35,39). The molecule has 42 heavy (non-hydrogen) atoms. The van der Waals surface area contributed by atoms with Crippen molar-refractivity contribution >= 4 is 39.1 Å². The molecule has 0 heterocycles. The molecular weight excluding hydrogens is 570 g/mol. The van der Waals surface area contributed by atoms with Crippen LogP contribution in [0.1, 0.15) is 61.3 Å². The van der Waals surface area contributed by atoms with E-state index in [-0.39, 0.29) is 23.4 Å². The minimum atomic E-state index is -4.16. The van der Waals surface area contributed by atoms with Crippen LogP contribution in [0.4, 0.5) is 5.69 Å². The van der Waals surface area contributed by atoms with Gasteiger partial charge in [-0.3, -0.25) is 13.9 Å². The average molecular weight is 610 g/mol. The van der Waals surface area contributed by atoms with Crippen LogP contribution in [-0.2, 0) is 26.2 Å². The van der Waals surface area contributed by atoms with Crippen LogP contribution in [0, 0.1) is 20.8 Å². The number of aryl methyl sites for hydroxylation is 2. The first-order valence-corrected chi connectivity index (χ1v) is 16.3. The average Bonchev–Trinajstić information content (AvgIpc) is 2.97. The Labute approximate surface area is 254 Å². The third kappa shape index (κ3) is 7.34. The predicted molar refractivity (Wildman–Crippen MR) is 168 cm³/mol. The number of rotatable bonds is 10. The fourth-order valence-corrected chi connectivity index (χ4v) is 6.98. The van der Waals surface area contributed by atoms with Crippen LogP contribution in [0.25, 0.3) is 0 Å². The highest BCUT2D eigenvalue weighted by Gasteiger charge is 2.34. The first-order valence-electron chi connectivity index (χ1n) is 14.5. The fraction of sp³-hybridized carbons (Fsp3) is 0.394. The van der Waals surface area contributed by atoms with Crippen molar-refractivity contribution in [1.29, 1.82) is 0 Å². The number of carbonyl (C=O) groups excluding carboxylic acids is 2. The minimum absolute atomic E-state index is 0.0637. The van der Waals surface area contributed by atoms with Gasteiger partial charge in [0.2, 0.25) is 11.8 Å². The summed E-state index contributed by atoms with van der Waals surface area (Å²) in [4.78, 5) is 29.2. The van der Waals surface area contributed by atoms with E-state index in [0.29, 0.717) is 16.3 Å². The summed E-state index contributed by atoms with van der Waals surface area (Å²) in [5, 5.41) is 3.53. The van der Waals surface area contributed by atoms with Gasteiger partial charge in [-0.05, 0) is 81.5 Å². The lowest BCUT2D eigenvalue weighted by atomic mass is 9.95. The zero-order valence-corrected chi connectivity index (χ0v) is 26.3. The molecule has 4 rings (SSSR count). The molecule has 1 atom stereocenters. The molecule has 0 spiro atoms. The van der Waals surface area contributed by atoms with Gasteiger partial charge in [0, 0.05) is 17.6 Å². The molecular formula is C33H40ClN3O4S. The van der Waals surface area contributed by atoms with Gasteiger partial charge in [0.15, 0.2) is 0 Å². The maximum Gasteiger partial charge on any atom is 0.264 e. The van der Waals surface area contributed by atoms with Crippen LogP contribution in [0.2, 0.25) is 5.02 Å². The zero-order chi connectivity index (χ0) is 30.4. The number of hydrogen-bond donors (Lipinski definition) is 1. The maximum atomic E-state index is 14.2. The monoisotopic (exact) mass is 609 g/mol. The number of nitrogens with zero attached hydrogens (tertiary/aromatic N) is 2. The van der Waals surface area contributed by atoms with Gasteiger partial charge in [0.1, 0.15) is 12.6 Å². The zero-order valence-electron chi connectivity index (χ0n) is 24.8. The van der Waals surface area contributed by atoms with E-state index in [2.05, 4.69) is 5.32 Å². The Morgan fingerprint density at radius 1 is 0.929 bits per heavy atom. The van der Waals surface area contributed by atoms with E-state index in [1.807, 2.05) is 38.1 Å². The Hall–Kier alpha value is -3.36. The minimum Gasteiger partial charge on any atom is -0.352 e. The Bertz CT molecular complexity index is 1520. The molecule has 0 aromatic heterocycles. The fourth-order valence-electron chi connectivity index (χ4n) is 5.34. The van der Waals surface area contributed by atoms with Gasteiger partial charge in [-0.2, -0.15) is 0 Å². The van der Waals surface area contributed by atoms with Crippen molar-refractivity contribution in [3.8, 4) is 0 Å². The quantitative estimate of drug-likeness (QED) is 0.291. The third-order valence-electron chi connectivity index (χ3n) is 8.12. The highest BCUT2D eigenvalue weighted by Crippen LogP contribution is 2.31. The number of amides is 2. The smallest absolute Gasteiger partial charge is 0.264 e. The van der Waals surface area contributed by atoms with Gasteiger partial charge in [-0.25, -0.2) is 8.42 Å². The Morgan fingerprint density at radius 3 is 2.26 bits per heavy atom. The highest BCUT2D eigenvalue weighted by molar-refractivity contribution is 7.92. The van der Waals surface area contributed by atoms with Crippen molar-refractivity contribution in [2.75, 3.05) is 10.8 Å². The molecule has 1 saturated carbocycles. The van der Waals surface area contributed by atoms with Crippen molar-refractivity contribution in [3.05, 3.63) is 94.0 Å². The van der Waals surface area contributed by atoms with Crippen LogP contribution in [0.15, 0.2) is 71.6 Å². The van der Waals surface area contributed by atoms with Crippen LogP contribution in [0.3, 0.4) is 0 Å². The van der Waals surface area contributed by atoms with Crippen molar-refractivity contribution in [3.63, 3.8) is 0 Å². The summed E-state index contributed by atoms with van der Waals surface area (Å²) in [6.07, 6.45) is 5.13. The van der Waals surface area contributed by atoms with E-state index in [1.165, 1.54) is 17.0 Å². The highest BCUT2D eigenvalue weighted by atomic mass is 35.5. The van der Waals surface area contributed by atoms with E-state index in [1.54, 1.807) is 44.2 Å². The number of hydrogen-bond acceptors (Lipinski definition) is 4. The second-order valence-electron chi connectivity index (χ2n) is 11.2. The van der Waals surface area contributed by atoms with E-state index in [4.69, 9.17) is 11.6 Å². The van der Waals surface area contributed by atoms with Crippen LogP contribution >= 0.6 is 11.6 Å². The number of anilines is 1. The topological polar surface area (TPSA) is 86.8 Å². The van der Waals surface area contributed by atoms with E-state index in [9.17, 15) is 18.0 Å². The lowest BCUT2D eigenvalue weighted by molar-refractivity contribution is -0.139. The Balaban J connectivity index is 1.72. The summed E-state index contributed by atoms with van der Waals surface area (Å²) in [5.74, 6) is -0.727. The van der Waals surface area contributed by atoms with E-state index < -0.39 is 28.5 Å². The van der Waals surface area contributed by atoms with Crippen LogP contribution < -0.4 is 9.62 Å². The summed E-state index contributed by atoms with van der Waals surface area (Å²) in [6.45, 7) is 6.93. The van der Waals surface area contributed by atoms with E-state index in [0.717, 1.165) is 53.1 Å². The molecule has 1 aliphatic rings. The molecule has 0 bridgehead atoms. The molecule has 1 unspecified atom stereocenters. The summed E-state index contributed by atoms with van der Waals surface area (Å²) in [6, 6.07) is 18.5. The molecule has 2 amide bonds. The van der Waals surface area contributed by atoms with Gasteiger partial charge >= 0.3 is 0 Å². The van der Waals surface area contributed by atoms with Crippen molar-refractivity contribution in [2.45, 2.75) is 83.3 Å². The number of carbonyl (C=O) groups is 2. The second-order valence-corrected chi connectivity index (χ2v) is 13.4. The molecule has 3 aromatic rings. The number of sulfonamides is 1. The summed E-state index contributed by atoms with van der Waals surface area (Å²) >= 11 is 6.41. The molecule has 3 aromatic carbocycles. The largest absolute Gasteiger partial charge is 0.352 e. The Kier molecular flexibility index (Phi) is 10.3. The normalized spacial score (nSPS) is 14.7. The van der Waals surface area contributed by atoms with Gasteiger partial charge in [-0.15, -0.1) is 0 Å². The first kappa shape index (κ1) is 31.6. The SMILES string of the molecule is Cc1ccc(S(=O)(=O)N(CC(=O)N(Cc2ccccc2C)C(C)C(=O)NC2CCCCC2)c2cccc(Cl)c2C)cc1. The lowest BCUT2D eigenvalue weighted by Gasteiger charge is -2.34. The summed E-state index contributed by atoms with van der Waals surface area (Å²) in [5.41, 5.74) is 3.63. The second kappa shape index (κ2) is 13.7. The predicted octanol–water partition coefficient (Wildman–Crippen LogP) is 6.33. The molecule has 0 radical (unpaired) electrons.